The van der Waals surface area contributed by atoms with E-state index in [0.29, 0.717) is 24.6 Å². The van der Waals surface area contributed by atoms with Gasteiger partial charge >= 0.3 is 5.97 Å². The molecule has 0 aromatic carbocycles. The van der Waals surface area contributed by atoms with Gasteiger partial charge in [-0.1, -0.05) is 6.42 Å². The largest absolute Gasteiger partial charge is 0.480 e. The Balaban J connectivity index is 2.32. The van der Waals surface area contributed by atoms with E-state index in [1.54, 1.807) is 0 Å². The maximum Gasteiger partial charge on any atom is 0.327 e. The quantitative estimate of drug-likeness (QED) is 0.666. The van der Waals surface area contributed by atoms with Crippen LogP contribution in [0, 0.1) is 0 Å². The van der Waals surface area contributed by atoms with Gasteiger partial charge in [0.1, 0.15) is 6.04 Å². The zero-order valence-electron chi connectivity index (χ0n) is 9.22. The molecule has 0 aromatic rings. The van der Waals surface area contributed by atoms with Crippen molar-refractivity contribution >= 4 is 23.6 Å². The van der Waals surface area contributed by atoms with Crippen LogP contribution >= 0.6 is 11.8 Å². The summed E-state index contributed by atoms with van der Waals surface area (Å²) >= 11 is 1.49. The Hall–Kier alpha value is -0.750. The molecule has 1 saturated heterocycles. The summed E-state index contributed by atoms with van der Waals surface area (Å²) in [6.45, 7) is 0.644. The van der Waals surface area contributed by atoms with Crippen LogP contribution in [0.4, 0.5) is 0 Å². The second kappa shape index (κ2) is 6.75. The van der Waals surface area contributed by atoms with Crippen molar-refractivity contribution in [3.05, 3.63) is 0 Å². The second-order valence-corrected chi connectivity index (χ2v) is 4.82. The van der Waals surface area contributed by atoms with Crippen molar-refractivity contribution in [2.75, 3.05) is 18.2 Å². The number of carbonyl (C=O) groups excluding carboxylic acids is 1. The molecule has 3 N–H and O–H groups in total. The maximum absolute atomic E-state index is 11.7. The Morgan fingerprint density at radius 2 is 2.12 bits per heavy atom. The number of unbranched alkanes of at least 4 members (excludes halogenated alkanes) is 2. The number of hydrogen-bond donors (Lipinski definition) is 2. The van der Waals surface area contributed by atoms with Crippen LogP contribution in [0.15, 0.2) is 0 Å². The summed E-state index contributed by atoms with van der Waals surface area (Å²) in [5.41, 5.74) is 5.35. The lowest BCUT2D eigenvalue weighted by Gasteiger charge is -2.20. The zero-order valence-corrected chi connectivity index (χ0v) is 10.0. The molecule has 0 aliphatic carbocycles. The molecule has 1 aliphatic rings. The minimum atomic E-state index is -0.902. The molecular weight excluding hydrogens is 228 g/mol. The van der Waals surface area contributed by atoms with Gasteiger partial charge in [0.05, 0.1) is 5.88 Å². The minimum absolute atomic E-state index is 0.0468. The van der Waals surface area contributed by atoms with E-state index < -0.39 is 12.0 Å². The standard InChI is InChI=1S/C10H18N2O3S/c11-5-3-1-2-4-9(13)12-7-16-6-8(12)10(14)15/h8H,1-7,11H2,(H,14,15)/t8-/m0/s1. The topological polar surface area (TPSA) is 83.6 Å². The number of thioether (sulfide) groups is 1. The molecule has 0 bridgehead atoms. The van der Waals surface area contributed by atoms with Gasteiger partial charge in [-0.05, 0) is 19.4 Å². The third-order valence-electron chi connectivity index (χ3n) is 2.58. The molecule has 1 fully saturated rings. The Morgan fingerprint density at radius 3 is 2.75 bits per heavy atom. The van der Waals surface area contributed by atoms with Gasteiger partial charge in [-0.15, -0.1) is 11.8 Å². The zero-order chi connectivity index (χ0) is 12.0. The Bertz CT molecular complexity index is 260. The van der Waals surface area contributed by atoms with E-state index in [9.17, 15) is 9.59 Å². The van der Waals surface area contributed by atoms with Crippen LogP contribution in [0.25, 0.3) is 0 Å². The first-order valence-corrected chi connectivity index (χ1v) is 6.62. The number of nitrogens with two attached hydrogens (primary N) is 1. The number of nitrogens with zero attached hydrogens (tertiary/aromatic N) is 1. The van der Waals surface area contributed by atoms with Crippen LogP contribution in [0.5, 0.6) is 0 Å². The lowest BCUT2D eigenvalue weighted by Crippen LogP contribution is -2.41. The summed E-state index contributed by atoms with van der Waals surface area (Å²) in [6.07, 6.45) is 3.08. The second-order valence-electron chi connectivity index (χ2n) is 3.82. The molecule has 0 aromatic heterocycles. The average molecular weight is 246 g/mol. The Labute approximate surface area is 99.4 Å². The molecule has 0 radical (unpaired) electrons. The van der Waals surface area contributed by atoms with Crippen molar-refractivity contribution in [3.8, 4) is 0 Å². The first-order chi connectivity index (χ1) is 7.66. The van der Waals surface area contributed by atoms with Crippen LogP contribution in [0.1, 0.15) is 25.7 Å². The monoisotopic (exact) mass is 246 g/mol. The van der Waals surface area contributed by atoms with Gasteiger partial charge in [0.25, 0.3) is 0 Å². The van der Waals surface area contributed by atoms with Crippen molar-refractivity contribution < 1.29 is 14.7 Å². The van der Waals surface area contributed by atoms with E-state index in [1.165, 1.54) is 16.7 Å². The summed E-state index contributed by atoms with van der Waals surface area (Å²) in [4.78, 5) is 24.1. The number of carbonyl (C=O) groups is 2. The van der Waals surface area contributed by atoms with Gasteiger partial charge in [0, 0.05) is 12.2 Å². The summed E-state index contributed by atoms with van der Waals surface area (Å²) in [5.74, 6) is 0.0612. The third kappa shape index (κ3) is 3.68. The molecule has 16 heavy (non-hydrogen) atoms. The number of carboxylic acid groups (broad SMARTS) is 1. The van der Waals surface area contributed by atoms with E-state index in [-0.39, 0.29) is 5.91 Å². The van der Waals surface area contributed by atoms with Crippen LogP contribution in [0.2, 0.25) is 0 Å². The van der Waals surface area contributed by atoms with E-state index in [1.807, 2.05) is 0 Å². The number of aliphatic carboxylic acids is 1. The fraction of sp³-hybridized carbons (Fsp3) is 0.800. The summed E-state index contributed by atoms with van der Waals surface area (Å²) < 4.78 is 0. The molecule has 0 spiro atoms. The molecule has 0 saturated carbocycles. The highest BCUT2D eigenvalue weighted by Crippen LogP contribution is 2.22. The lowest BCUT2D eigenvalue weighted by atomic mass is 10.1. The van der Waals surface area contributed by atoms with E-state index >= 15 is 0 Å². The van der Waals surface area contributed by atoms with E-state index in [4.69, 9.17) is 10.8 Å². The van der Waals surface area contributed by atoms with Gasteiger partial charge in [-0.25, -0.2) is 4.79 Å². The fourth-order valence-electron chi connectivity index (χ4n) is 1.63. The van der Waals surface area contributed by atoms with Crippen molar-refractivity contribution in [2.24, 2.45) is 5.73 Å². The molecule has 1 amide bonds. The van der Waals surface area contributed by atoms with Gasteiger partial charge in [0.2, 0.25) is 5.91 Å². The molecule has 1 heterocycles. The molecule has 1 rings (SSSR count). The Kier molecular flexibility index (Phi) is 5.62. The van der Waals surface area contributed by atoms with Crippen LogP contribution < -0.4 is 5.73 Å². The van der Waals surface area contributed by atoms with Gasteiger partial charge in [-0.2, -0.15) is 0 Å². The van der Waals surface area contributed by atoms with Gasteiger partial charge in [-0.3, -0.25) is 4.79 Å². The van der Waals surface area contributed by atoms with Crippen molar-refractivity contribution in [3.63, 3.8) is 0 Å². The smallest absolute Gasteiger partial charge is 0.327 e. The number of carboxylic acids is 1. The summed E-state index contributed by atoms with van der Waals surface area (Å²) in [6, 6.07) is -0.632. The van der Waals surface area contributed by atoms with Crippen LogP contribution in [-0.4, -0.2) is 46.1 Å². The molecule has 6 heteroatoms. The molecule has 0 unspecified atom stereocenters. The molecule has 1 aliphatic heterocycles. The number of hydrogen-bond acceptors (Lipinski definition) is 4. The van der Waals surface area contributed by atoms with E-state index in [2.05, 4.69) is 0 Å². The third-order valence-corrected chi connectivity index (χ3v) is 3.59. The Morgan fingerprint density at radius 1 is 1.38 bits per heavy atom. The molecule has 5 nitrogen and oxygen atoms in total. The highest BCUT2D eigenvalue weighted by atomic mass is 32.2. The normalized spacial score (nSPS) is 20.1. The summed E-state index contributed by atoms with van der Waals surface area (Å²) in [7, 11) is 0. The van der Waals surface area contributed by atoms with Crippen molar-refractivity contribution in [2.45, 2.75) is 31.7 Å². The van der Waals surface area contributed by atoms with Crippen LogP contribution in [0.3, 0.4) is 0 Å². The first kappa shape index (κ1) is 13.3. The molecule has 1 atom stereocenters. The maximum atomic E-state index is 11.7. The summed E-state index contributed by atoms with van der Waals surface area (Å²) in [5, 5.41) is 8.92. The predicted octanol–water partition coefficient (Wildman–Crippen LogP) is 0.492. The lowest BCUT2D eigenvalue weighted by molar-refractivity contribution is -0.147. The van der Waals surface area contributed by atoms with Crippen molar-refractivity contribution in [1.29, 1.82) is 0 Å². The first-order valence-electron chi connectivity index (χ1n) is 5.47. The predicted molar refractivity (Wildman–Crippen MR) is 63.1 cm³/mol. The van der Waals surface area contributed by atoms with Crippen molar-refractivity contribution in [1.82, 2.24) is 4.90 Å². The van der Waals surface area contributed by atoms with Crippen LogP contribution in [-0.2, 0) is 9.59 Å². The van der Waals surface area contributed by atoms with Gasteiger partial charge < -0.3 is 15.7 Å². The SMILES string of the molecule is NCCCCCC(=O)N1CSC[C@H]1C(=O)O. The highest BCUT2D eigenvalue weighted by Gasteiger charge is 2.33. The van der Waals surface area contributed by atoms with Gasteiger partial charge in [0.15, 0.2) is 0 Å². The minimum Gasteiger partial charge on any atom is -0.480 e. The van der Waals surface area contributed by atoms with E-state index in [0.717, 1.165) is 19.3 Å². The fourth-order valence-corrected chi connectivity index (χ4v) is 2.81. The molecular formula is C10H18N2O3S. The average Bonchev–Trinajstić information content (AvgIpc) is 2.73. The molecule has 92 valence electrons. The highest BCUT2D eigenvalue weighted by molar-refractivity contribution is 7.99. The number of amides is 1. The number of rotatable bonds is 6.